The third-order valence-corrected chi connectivity index (χ3v) is 5.87. The minimum absolute atomic E-state index is 0.0120. The van der Waals surface area contributed by atoms with E-state index in [1.165, 1.54) is 18.9 Å². The van der Waals surface area contributed by atoms with E-state index in [1.54, 1.807) is 0 Å². The van der Waals surface area contributed by atoms with Crippen LogP contribution in [0.4, 0.5) is 13.2 Å². The highest BCUT2D eigenvalue weighted by Gasteiger charge is 2.32. The molecule has 0 unspecified atom stereocenters. The monoisotopic (exact) mass is 454 g/mol. The number of ether oxygens (including phenoxy) is 1. The Hall–Kier alpha value is -2.22. The van der Waals surface area contributed by atoms with Crippen molar-refractivity contribution in [3.05, 3.63) is 41.1 Å². The van der Waals surface area contributed by atoms with Crippen LogP contribution in [0.3, 0.4) is 0 Å². The third-order valence-electron chi connectivity index (χ3n) is 5.87. The number of methoxy groups -OCH3 is 1. The molecule has 180 valence electrons. The minimum Gasteiger partial charge on any atom is -0.497 e. The maximum atomic E-state index is 13.1. The molecule has 32 heavy (non-hydrogen) atoms. The van der Waals surface area contributed by atoms with Gasteiger partial charge in [0.1, 0.15) is 11.6 Å². The summed E-state index contributed by atoms with van der Waals surface area (Å²) in [4.78, 5) is 2.43. The number of halogens is 3. The lowest BCUT2D eigenvalue weighted by atomic mass is 9.91. The van der Waals surface area contributed by atoms with Crippen molar-refractivity contribution >= 4 is 5.84 Å². The van der Waals surface area contributed by atoms with Crippen LogP contribution in [0.1, 0.15) is 51.7 Å². The summed E-state index contributed by atoms with van der Waals surface area (Å²) in [5.74, 6) is 0.478. The number of benzene rings is 1. The van der Waals surface area contributed by atoms with Crippen molar-refractivity contribution in [1.29, 1.82) is 5.41 Å². The maximum Gasteiger partial charge on any atom is 0.416 e. The molecule has 1 fully saturated rings. The molecule has 8 heteroatoms. The SMILES string of the molecule is C/C=C(\NCCN1CCC(CNC(=N)c2cc(OC)cc(C(F)(F)F)c2)CC1)C(C)(C)C. The molecular weight excluding hydrogens is 417 g/mol. The molecule has 0 amide bonds. The molecule has 0 radical (unpaired) electrons. The Balaban J connectivity index is 1.79. The Kier molecular flexibility index (Phi) is 9.01. The number of hydrogen-bond acceptors (Lipinski definition) is 4. The van der Waals surface area contributed by atoms with Crippen molar-refractivity contribution in [2.75, 3.05) is 39.8 Å². The van der Waals surface area contributed by atoms with Gasteiger partial charge in [-0.3, -0.25) is 5.41 Å². The lowest BCUT2D eigenvalue weighted by molar-refractivity contribution is -0.137. The molecule has 1 heterocycles. The largest absolute Gasteiger partial charge is 0.497 e. The van der Waals surface area contributed by atoms with Crippen molar-refractivity contribution in [3.8, 4) is 5.75 Å². The molecule has 0 saturated carbocycles. The smallest absolute Gasteiger partial charge is 0.416 e. The van der Waals surface area contributed by atoms with Gasteiger partial charge in [0.15, 0.2) is 0 Å². The van der Waals surface area contributed by atoms with E-state index in [2.05, 4.69) is 49.3 Å². The predicted octanol–water partition coefficient (Wildman–Crippen LogP) is 4.88. The van der Waals surface area contributed by atoms with Gasteiger partial charge in [-0.25, -0.2) is 0 Å². The van der Waals surface area contributed by atoms with Crippen LogP contribution in [-0.2, 0) is 6.18 Å². The van der Waals surface area contributed by atoms with E-state index >= 15 is 0 Å². The first kappa shape index (κ1) is 26.0. The predicted molar refractivity (Wildman–Crippen MR) is 123 cm³/mol. The standard InChI is InChI=1S/C24H37F3N4O/c1-6-21(23(2,3)4)29-9-12-31-10-7-17(8-11-31)16-30-22(28)18-13-19(24(25,26)27)15-20(14-18)32-5/h6,13-15,17,29H,7-12,16H2,1-5H3,(H2,28,30)/b21-6-. The summed E-state index contributed by atoms with van der Waals surface area (Å²) < 4.78 is 44.3. The van der Waals surface area contributed by atoms with Crippen LogP contribution in [0, 0.1) is 16.7 Å². The van der Waals surface area contributed by atoms with Crippen molar-refractivity contribution in [1.82, 2.24) is 15.5 Å². The van der Waals surface area contributed by atoms with Crippen molar-refractivity contribution in [2.24, 2.45) is 11.3 Å². The Morgan fingerprint density at radius 1 is 1.16 bits per heavy atom. The number of likely N-dealkylation sites (tertiary alicyclic amines) is 1. The van der Waals surface area contributed by atoms with Crippen molar-refractivity contribution in [3.63, 3.8) is 0 Å². The first-order valence-corrected chi connectivity index (χ1v) is 11.2. The number of alkyl halides is 3. The third kappa shape index (κ3) is 7.73. The minimum atomic E-state index is -4.48. The lowest BCUT2D eigenvalue weighted by Crippen LogP contribution is -2.41. The van der Waals surface area contributed by atoms with Gasteiger partial charge in [-0.2, -0.15) is 13.2 Å². The first-order valence-electron chi connectivity index (χ1n) is 11.2. The van der Waals surface area contributed by atoms with Crippen LogP contribution in [0.2, 0.25) is 0 Å². The van der Waals surface area contributed by atoms with Crippen LogP contribution in [0.5, 0.6) is 5.75 Å². The number of rotatable bonds is 8. The van der Waals surface area contributed by atoms with Crippen LogP contribution in [-0.4, -0.2) is 50.6 Å². The van der Waals surface area contributed by atoms with E-state index in [0.717, 1.165) is 51.2 Å². The van der Waals surface area contributed by atoms with E-state index in [1.807, 2.05) is 0 Å². The maximum absolute atomic E-state index is 13.1. The summed E-state index contributed by atoms with van der Waals surface area (Å²) in [6, 6.07) is 3.39. The summed E-state index contributed by atoms with van der Waals surface area (Å²) in [5.41, 5.74) is 0.731. The van der Waals surface area contributed by atoms with Crippen LogP contribution in [0.15, 0.2) is 30.0 Å². The van der Waals surface area contributed by atoms with Gasteiger partial charge in [0.2, 0.25) is 0 Å². The van der Waals surface area contributed by atoms with Gasteiger partial charge < -0.3 is 20.3 Å². The summed E-state index contributed by atoms with van der Waals surface area (Å²) in [6.07, 6.45) is -0.345. The van der Waals surface area contributed by atoms with Crippen molar-refractivity contribution < 1.29 is 17.9 Å². The molecule has 1 aliphatic heterocycles. The summed E-state index contributed by atoms with van der Waals surface area (Å²) >= 11 is 0. The lowest BCUT2D eigenvalue weighted by Gasteiger charge is -2.33. The number of nitrogens with zero attached hydrogens (tertiary/aromatic N) is 1. The normalized spacial score (nSPS) is 16.7. The van der Waals surface area contributed by atoms with Crippen LogP contribution < -0.4 is 15.4 Å². The average molecular weight is 455 g/mol. The second-order valence-corrected chi connectivity index (χ2v) is 9.37. The molecule has 1 aromatic rings. The van der Waals surface area contributed by atoms with E-state index in [-0.39, 0.29) is 22.6 Å². The van der Waals surface area contributed by atoms with Crippen LogP contribution >= 0.6 is 0 Å². The fourth-order valence-electron chi connectivity index (χ4n) is 3.94. The number of piperidine rings is 1. The first-order chi connectivity index (χ1) is 14.9. The van der Waals surface area contributed by atoms with E-state index in [4.69, 9.17) is 10.1 Å². The quantitative estimate of drug-likeness (QED) is 0.387. The second kappa shape index (κ2) is 11.1. The Bertz CT molecular complexity index is 791. The highest BCUT2D eigenvalue weighted by molar-refractivity contribution is 5.96. The molecule has 0 bridgehead atoms. The Morgan fingerprint density at radius 3 is 2.34 bits per heavy atom. The molecule has 1 aliphatic rings. The fourth-order valence-corrected chi connectivity index (χ4v) is 3.94. The van der Waals surface area contributed by atoms with E-state index in [0.29, 0.717) is 12.5 Å². The molecule has 2 rings (SSSR count). The number of nitrogens with one attached hydrogen (secondary N) is 3. The van der Waals surface area contributed by atoms with E-state index in [9.17, 15) is 13.2 Å². The van der Waals surface area contributed by atoms with Gasteiger partial charge >= 0.3 is 6.18 Å². The highest BCUT2D eigenvalue weighted by Crippen LogP contribution is 2.32. The van der Waals surface area contributed by atoms with E-state index < -0.39 is 11.7 Å². The molecule has 1 saturated heterocycles. The fraction of sp³-hybridized carbons (Fsp3) is 0.625. The van der Waals surface area contributed by atoms with Crippen molar-refractivity contribution in [2.45, 2.75) is 46.7 Å². The zero-order chi connectivity index (χ0) is 23.9. The molecule has 0 spiro atoms. The molecule has 5 nitrogen and oxygen atoms in total. The van der Waals surface area contributed by atoms with Gasteiger partial charge in [0.05, 0.1) is 12.7 Å². The molecule has 1 aromatic carbocycles. The number of hydrogen-bond donors (Lipinski definition) is 3. The summed E-state index contributed by atoms with van der Waals surface area (Å²) in [7, 11) is 1.32. The number of allylic oxidation sites excluding steroid dienone is 2. The molecule has 0 atom stereocenters. The summed E-state index contributed by atoms with van der Waals surface area (Å²) in [5, 5.41) is 14.8. The van der Waals surface area contributed by atoms with Gasteiger partial charge in [0, 0.05) is 36.3 Å². The highest BCUT2D eigenvalue weighted by atomic mass is 19.4. The average Bonchev–Trinajstić information content (AvgIpc) is 2.74. The number of amidine groups is 1. The molecule has 3 N–H and O–H groups in total. The summed E-state index contributed by atoms with van der Waals surface area (Å²) in [6.45, 7) is 13.1. The molecule has 0 aromatic heterocycles. The van der Waals surface area contributed by atoms with Gasteiger partial charge in [0.25, 0.3) is 0 Å². The Labute approximate surface area is 189 Å². The van der Waals surface area contributed by atoms with Gasteiger partial charge in [-0.15, -0.1) is 0 Å². The zero-order valence-corrected chi connectivity index (χ0v) is 19.8. The topological polar surface area (TPSA) is 60.4 Å². The van der Waals surface area contributed by atoms with Gasteiger partial charge in [-0.05, 0) is 57.0 Å². The zero-order valence-electron chi connectivity index (χ0n) is 19.8. The van der Waals surface area contributed by atoms with Gasteiger partial charge in [-0.1, -0.05) is 26.8 Å². The second-order valence-electron chi connectivity index (χ2n) is 9.37. The molecular formula is C24H37F3N4O. The Morgan fingerprint density at radius 2 is 1.81 bits per heavy atom. The molecule has 0 aliphatic carbocycles. The van der Waals surface area contributed by atoms with Crippen LogP contribution in [0.25, 0.3) is 0 Å².